The number of hydrogen-bond acceptors (Lipinski definition) is 2. The van der Waals surface area contributed by atoms with Gasteiger partial charge in [-0.3, -0.25) is 0 Å². The van der Waals surface area contributed by atoms with E-state index < -0.39 is 24.0 Å². The molecular weight excluding hydrogens is 269 g/mol. The van der Waals surface area contributed by atoms with Crippen molar-refractivity contribution in [2.24, 2.45) is 0 Å². The Morgan fingerprint density at radius 1 is 1.16 bits per heavy atom. The van der Waals surface area contributed by atoms with Gasteiger partial charge >= 0.3 is 12.1 Å². The molecule has 0 aromatic carbocycles. The molecule has 0 aliphatic carbocycles. The summed E-state index contributed by atoms with van der Waals surface area (Å²) in [5.41, 5.74) is 0.0200. The van der Waals surface area contributed by atoms with Crippen molar-refractivity contribution in [3.05, 3.63) is 24.2 Å². The number of pyridine rings is 1. The second-order valence-electron chi connectivity index (χ2n) is 4.32. The van der Waals surface area contributed by atoms with Crippen LogP contribution in [0.5, 0.6) is 0 Å². The molecule has 0 bridgehead atoms. The first-order valence-corrected chi connectivity index (χ1v) is 5.44. The summed E-state index contributed by atoms with van der Waals surface area (Å²) in [5.74, 6) is -6.35. The molecule has 0 atom stereocenters. The van der Waals surface area contributed by atoms with E-state index in [0.717, 1.165) is 4.57 Å². The van der Waals surface area contributed by atoms with Gasteiger partial charge in [0.1, 0.15) is 5.52 Å². The van der Waals surface area contributed by atoms with Gasteiger partial charge in [0.15, 0.2) is 11.5 Å². The van der Waals surface area contributed by atoms with Crippen LogP contribution in [0.4, 0.5) is 22.0 Å². The van der Waals surface area contributed by atoms with Gasteiger partial charge in [0, 0.05) is 12.2 Å². The molecule has 0 saturated heterocycles. The molecule has 0 spiro atoms. The molecule has 0 N–H and O–H groups in total. The lowest BCUT2D eigenvalue weighted by Gasteiger charge is -2.21. The third-order valence-electron chi connectivity index (χ3n) is 2.60. The van der Waals surface area contributed by atoms with Gasteiger partial charge in [-0.25, -0.2) is 9.97 Å². The summed E-state index contributed by atoms with van der Waals surface area (Å²) >= 11 is 0. The first-order chi connectivity index (χ1) is 8.66. The maximum atomic E-state index is 13.5. The Balaban J connectivity index is 2.77. The summed E-state index contributed by atoms with van der Waals surface area (Å²) in [6.07, 6.45) is -4.38. The lowest BCUT2D eigenvalue weighted by Crippen LogP contribution is -2.36. The zero-order chi connectivity index (χ0) is 14.4. The maximum absolute atomic E-state index is 13.5. The van der Waals surface area contributed by atoms with Gasteiger partial charge in [-0.15, -0.1) is 0 Å². The first kappa shape index (κ1) is 13.7. The maximum Gasteiger partial charge on any atom is 0.461 e. The Kier molecular flexibility index (Phi) is 2.98. The van der Waals surface area contributed by atoms with Crippen LogP contribution in [0.3, 0.4) is 0 Å². The SMILES string of the molecule is CC(C)n1c(C(F)(F)C(F)(F)F)nc2cccnc21. The van der Waals surface area contributed by atoms with Crippen molar-refractivity contribution in [2.45, 2.75) is 32.0 Å². The van der Waals surface area contributed by atoms with Gasteiger partial charge < -0.3 is 4.57 Å². The van der Waals surface area contributed by atoms with Gasteiger partial charge in [-0.2, -0.15) is 22.0 Å². The largest absolute Gasteiger partial charge is 0.461 e. The minimum atomic E-state index is -5.69. The average molecular weight is 279 g/mol. The molecule has 0 unspecified atom stereocenters. The molecule has 0 aliphatic heterocycles. The average Bonchev–Trinajstić information content (AvgIpc) is 2.66. The standard InChI is InChI=1S/C11H10F5N3/c1-6(2)19-8-7(4-3-5-17-8)18-9(19)10(12,13)11(14,15)16/h3-6H,1-2H3. The lowest BCUT2D eigenvalue weighted by molar-refractivity contribution is -0.293. The number of fused-ring (bicyclic) bond motifs is 1. The summed E-state index contributed by atoms with van der Waals surface area (Å²) < 4.78 is 65.2. The Labute approximate surface area is 105 Å². The van der Waals surface area contributed by atoms with E-state index >= 15 is 0 Å². The highest BCUT2D eigenvalue weighted by Crippen LogP contribution is 2.44. The fourth-order valence-corrected chi connectivity index (χ4v) is 1.77. The number of halogens is 5. The van der Waals surface area contributed by atoms with Crippen LogP contribution in [0.25, 0.3) is 11.2 Å². The Bertz CT molecular complexity index is 600. The van der Waals surface area contributed by atoms with Crippen molar-refractivity contribution < 1.29 is 22.0 Å². The number of hydrogen-bond donors (Lipinski definition) is 0. The van der Waals surface area contributed by atoms with Crippen LogP contribution in [0.1, 0.15) is 25.7 Å². The fourth-order valence-electron chi connectivity index (χ4n) is 1.77. The van der Waals surface area contributed by atoms with E-state index in [9.17, 15) is 22.0 Å². The number of rotatable bonds is 2. The lowest BCUT2D eigenvalue weighted by atomic mass is 10.2. The highest BCUT2D eigenvalue weighted by Gasteiger charge is 2.62. The molecule has 2 aromatic heterocycles. The van der Waals surface area contributed by atoms with Crippen LogP contribution < -0.4 is 0 Å². The predicted molar refractivity (Wildman–Crippen MR) is 57.9 cm³/mol. The monoisotopic (exact) mass is 279 g/mol. The van der Waals surface area contributed by atoms with Crippen LogP contribution in [-0.4, -0.2) is 20.7 Å². The normalized spacial score (nSPS) is 13.5. The Morgan fingerprint density at radius 2 is 1.79 bits per heavy atom. The topological polar surface area (TPSA) is 30.7 Å². The van der Waals surface area contributed by atoms with E-state index in [-0.39, 0.29) is 11.2 Å². The summed E-state index contributed by atoms with van der Waals surface area (Å²) in [6, 6.07) is 2.15. The van der Waals surface area contributed by atoms with Crippen LogP contribution in [0.15, 0.2) is 18.3 Å². The third kappa shape index (κ3) is 2.04. The summed E-state index contributed by atoms with van der Waals surface area (Å²) in [5, 5.41) is 0. The van der Waals surface area contributed by atoms with Crippen LogP contribution in [0, 0.1) is 0 Å². The molecule has 0 aliphatic rings. The van der Waals surface area contributed by atoms with E-state index in [2.05, 4.69) is 9.97 Å². The van der Waals surface area contributed by atoms with Crippen LogP contribution in [-0.2, 0) is 5.92 Å². The summed E-state index contributed by atoms with van der Waals surface area (Å²) in [4.78, 5) is 7.22. The molecule has 3 nitrogen and oxygen atoms in total. The first-order valence-electron chi connectivity index (χ1n) is 5.44. The van der Waals surface area contributed by atoms with E-state index in [4.69, 9.17) is 0 Å². The van der Waals surface area contributed by atoms with Crippen molar-refractivity contribution >= 4 is 11.2 Å². The number of aromatic nitrogens is 3. The minimum Gasteiger partial charge on any atom is -0.305 e. The molecule has 8 heteroatoms. The van der Waals surface area contributed by atoms with Crippen molar-refractivity contribution in [3.8, 4) is 0 Å². The highest BCUT2D eigenvalue weighted by molar-refractivity contribution is 5.71. The summed E-state index contributed by atoms with van der Waals surface area (Å²) in [7, 11) is 0. The quantitative estimate of drug-likeness (QED) is 0.785. The van der Waals surface area contributed by atoms with E-state index in [0.29, 0.717) is 0 Å². The molecule has 2 rings (SSSR count). The second kappa shape index (κ2) is 4.14. The zero-order valence-electron chi connectivity index (χ0n) is 10.0. The minimum absolute atomic E-state index is 0.00938. The van der Waals surface area contributed by atoms with Crippen molar-refractivity contribution in [3.63, 3.8) is 0 Å². The van der Waals surface area contributed by atoms with E-state index in [1.54, 1.807) is 0 Å². The molecule has 0 amide bonds. The third-order valence-corrected chi connectivity index (χ3v) is 2.60. The molecule has 2 heterocycles. The second-order valence-corrected chi connectivity index (χ2v) is 4.32. The number of alkyl halides is 5. The smallest absolute Gasteiger partial charge is 0.305 e. The fraction of sp³-hybridized carbons (Fsp3) is 0.455. The van der Waals surface area contributed by atoms with Gasteiger partial charge in [0.25, 0.3) is 0 Å². The van der Waals surface area contributed by atoms with Gasteiger partial charge in [0.05, 0.1) is 0 Å². The van der Waals surface area contributed by atoms with E-state index in [1.807, 2.05) is 0 Å². The molecule has 104 valence electrons. The molecule has 0 radical (unpaired) electrons. The molecule has 2 aromatic rings. The molecule has 0 saturated carbocycles. The van der Waals surface area contributed by atoms with Gasteiger partial charge in [-0.1, -0.05) is 0 Å². The molecule has 19 heavy (non-hydrogen) atoms. The van der Waals surface area contributed by atoms with Gasteiger partial charge in [0.2, 0.25) is 0 Å². The highest BCUT2D eigenvalue weighted by atomic mass is 19.4. The van der Waals surface area contributed by atoms with Gasteiger partial charge in [-0.05, 0) is 26.0 Å². The van der Waals surface area contributed by atoms with E-state index in [1.165, 1.54) is 32.2 Å². The van der Waals surface area contributed by atoms with Crippen molar-refractivity contribution in [1.29, 1.82) is 0 Å². The van der Waals surface area contributed by atoms with Crippen LogP contribution >= 0.6 is 0 Å². The Morgan fingerprint density at radius 3 is 2.32 bits per heavy atom. The molecule has 0 fully saturated rings. The van der Waals surface area contributed by atoms with Crippen molar-refractivity contribution in [2.75, 3.05) is 0 Å². The number of imidazole rings is 1. The Hall–Kier alpha value is -1.73. The summed E-state index contributed by atoms with van der Waals surface area (Å²) in [6.45, 7) is 2.98. The van der Waals surface area contributed by atoms with Crippen molar-refractivity contribution in [1.82, 2.24) is 14.5 Å². The number of nitrogens with zero attached hydrogens (tertiary/aromatic N) is 3. The van der Waals surface area contributed by atoms with Crippen LogP contribution in [0.2, 0.25) is 0 Å². The predicted octanol–water partition coefficient (Wildman–Crippen LogP) is 3.67. The zero-order valence-corrected chi connectivity index (χ0v) is 10.0. The molecular formula is C11H10F5N3.